The van der Waals surface area contributed by atoms with E-state index in [0.29, 0.717) is 11.4 Å². The first kappa shape index (κ1) is 13.2. The SMILES string of the molecule is CC(CNC(=O)c1cc(Br)cs1)CC(=O)O. The third-order valence-electron chi connectivity index (χ3n) is 1.93. The molecule has 6 heteroatoms. The van der Waals surface area contributed by atoms with Gasteiger partial charge in [0.25, 0.3) is 5.91 Å². The van der Waals surface area contributed by atoms with Crippen molar-refractivity contribution in [2.45, 2.75) is 13.3 Å². The van der Waals surface area contributed by atoms with Crippen LogP contribution >= 0.6 is 27.3 Å². The smallest absolute Gasteiger partial charge is 0.303 e. The Kier molecular flexibility index (Phi) is 4.95. The average molecular weight is 306 g/mol. The van der Waals surface area contributed by atoms with Gasteiger partial charge in [-0.2, -0.15) is 0 Å². The maximum absolute atomic E-state index is 11.6. The minimum Gasteiger partial charge on any atom is -0.481 e. The summed E-state index contributed by atoms with van der Waals surface area (Å²) in [7, 11) is 0. The third kappa shape index (κ3) is 4.32. The molecule has 1 atom stereocenters. The van der Waals surface area contributed by atoms with Gasteiger partial charge in [-0.1, -0.05) is 6.92 Å². The number of carboxylic acids is 1. The normalized spacial score (nSPS) is 12.1. The standard InChI is InChI=1S/C10H12BrNO3S/c1-6(2-9(13)14)4-12-10(15)8-3-7(11)5-16-8/h3,5-6H,2,4H2,1H3,(H,12,15)(H,13,14). The molecule has 88 valence electrons. The highest BCUT2D eigenvalue weighted by atomic mass is 79.9. The van der Waals surface area contributed by atoms with Crippen LogP contribution in [0.2, 0.25) is 0 Å². The van der Waals surface area contributed by atoms with E-state index >= 15 is 0 Å². The Labute approximate surface area is 106 Å². The van der Waals surface area contributed by atoms with Gasteiger partial charge < -0.3 is 10.4 Å². The van der Waals surface area contributed by atoms with Crippen molar-refractivity contribution in [1.82, 2.24) is 5.32 Å². The predicted molar refractivity (Wildman–Crippen MR) is 65.8 cm³/mol. The molecule has 0 aromatic carbocycles. The molecular formula is C10H12BrNO3S. The van der Waals surface area contributed by atoms with Crippen molar-refractivity contribution < 1.29 is 14.7 Å². The summed E-state index contributed by atoms with van der Waals surface area (Å²) in [4.78, 5) is 22.6. The number of nitrogens with one attached hydrogen (secondary N) is 1. The summed E-state index contributed by atoms with van der Waals surface area (Å²) < 4.78 is 0.876. The lowest BCUT2D eigenvalue weighted by Crippen LogP contribution is -2.28. The molecule has 2 N–H and O–H groups in total. The van der Waals surface area contributed by atoms with Crippen molar-refractivity contribution in [2.75, 3.05) is 6.54 Å². The van der Waals surface area contributed by atoms with E-state index < -0.39 is 5.97 Å². The van der Waals surface area contributed by atoms with Gasteiger partial charge in [0.05, 0.1) is 4.88 Å². The Hall–Kier alpha value is -0.880. The van der Waals surface area contributed by atoms with Gasteiger partial charge >= 0.3 is 5.97 Å². The lowest BCUT2D eigenvalue weighted by Gasteiger charge is -2.09. The minimum absolute atomic E-state index is 0.0639. The molecule has 1 amide bonds. The molecule has 0 fully saturated rings. The molecule has 0 bridgehead atoms. The van der Waals surface area contributed by atoms with Crippen LogP contribution < -0.4 is 5.32 Å². The zero-order valence-electron chi connectivity index (χ0n) is 8.70. The maximum atomic E-state index is 11.6. The molecule has 0 aliphatic carbocycles. The van der Waals surface area contributed by atoms with Crippen molar-refractivity contribution in [3.63, 3.8) is 0 Å². The first-order valence-electron chi connectivity index (χ1n) is 4.73. The van der Waals surface area contributed by atoms with Gasteiger partial charge in [0.1, 0.15) is 0 Å². The fourth-order valence-corrected chi connectivity index (χ4v) is 2.50. The summed E-state index contributed by atoms with van der Waals surface area (Å²) in [6.07, 6.45) is 0.0639. The monoisotopic (exact) mass is 305 g/mol. The quantitative estimate of drug-likeness (QED) is 0.877. The number of carboxylic acid groups (broad SMARTS) is 1. The van der Waals surface area contributed by atoms with E-state index in [4.69, 9.17) is 5.11 Å². The highest BCUT2D eigenvalue weighted by Gasteiger charge is 2.11. The zero-order chi connectivity index (χ0) is 12.1. The lowest BCUT2D eigenvalue weighted by atomic mass is 10.1. The van der Waals surface area contributed by atoms with Crippen molar-refractivity contribution in [3.8, 4) is 0 Å². The molecule has 1 unspecified atom stereocenters. The van der Waals surface area contributed by atoms with Crippen LogP contribution in [-0.2, 0) is 4.79 Å². The van der Waals surface area contributed by atoms with Crippen LogP contribution in [0.15, 0.2) is 15.9 Å². The first-order valence-corrected chi connectivity index (χ1v) is 6.40. The van der Waals surface area contributed by atoms with Crippen LogP contribution in [-0.4, -0.2) is 23.5 Å². The summed E-state index contributed by atoms with van der Waals surface area (Å²) in [5.41, 5.74) is 0. The number of aliphatic carboxylic acids is 1. The molecular weight excluding hydrogens is 294 g/mol. The van der Waals surface area contributed by atoms with E-state index in [0.717, 1.165) is 4.47 Å². The fraction of sp³-hybridized carbons (Fsp3) is 0.400. The summed E-state index contributed by atoms with van der Waals surface area (Å²) in [5.74, 6) is -1.07. The number of carbonyl (C=O) groups excluding carboxylic acids is 1. The number of hydrogen-bond donors (Lipinski definition) is 2. The molecule has 1 aromatic rings. The molecule has 1 rings (SSSR count). The van der Waals surface area contributed by atoms with Crippen LogP contribution in [0.5, 0.6) is 0 Å². The Morgan fingerprint density at radius 1 is 1.62 bits per heavy atom. The molecule has 0 radical (unpaired) electrons. The Morgan fingerprint density at radius 3 is 2.81 bits per heavy atom. The molecule has 1 heterocycles. The molecule has 0 aliphatic rings. The van der Waals surface area contributed by atoms with Crippen LogP contribution in [0.25, 0.3) is 0 Å². The molecule has 0 saturated heterocycles. The van der Waals surface area contributed by atoms with Crippen molar-refractivity contribution in [3.05, 3.63) is 20.8 Å². The summed E-state index contributed by atoms with van der Waals surface area (Å²) in [5, 5.41) is 13.1. The average Bonchev–Trinajstić information content (AvgIpc) is 2.60. The fourth-order valence-electron chi connectivity index (χ4n) is 1.16. The minimum atomic E-state index is -0.847. The molecule has 4 nitrogen and oxygen atoms in total. The van der Waals surface area contributed by atoms with E-state index in [2.05, 4.69) is 21.2 Å². The number of amides is 1. The third-order valence-corrected chi connectivity index (χ3v) is 3.62. The number of carbonyl (C=O) groups is 2. The van der Waals surface area contributed by atoms with Crippen LogP contribution in [0.3, 0.4) is 0 Å². The highest BCUT2D eigenvalue weighted by molar-refractivity contribution is 9.10. The van der Waals surface area contributed by atoms with E-state index in [1.165, 1.54) is 11.3 Å². The van der Waals surface area contributed by atoms with Gasteiger partial charge in [0, 0.05) is 22.8 Å². The van der Waals surface area contributed by atoms with Crippen LogP contribution in [0, 0.1) is 5.92 Å². The molecule has 0 saturated carbocycles. The van der Waals surface area contributed by atoms with Gasteiger partial charge in [-0.05, 0) is 27.9 Å². The second-order valence-electron chi connectivity index (χ2n) is 3.54. The number of rotatable bonds is 5. The van der Waals surface area contributed by atoms with Gasteiger partial charge in [-0.15, -0.1) is 11.3 Å². The Balaban J connectivity index is 2.38. The van der Waals surface area contributed by atoms with Gasteiger partial charge in [0.15, 0.2) is 0 Å². The van der Waals surface area contributed by atoms with Gasteiger partial charge in [-0.25, -0.2) is 0 Å². The molecule has 1 aromatic heterocycles. The van der Waals surface area contributed by atoms with E-state index in [1.54, 1.807) is 13.0 Å². The number of thiophene rings is 1. The summed E-state index contributed by atoms with van der Waals surface area (Å²) in [6, 6.07) is 1.74. The van der Waals surface area contributed by atoms with Gasteiger partial charge in [-0.3, -0.25) is 9.59 Å². The topological polar surface area (TPSA) is 66.4 Å². The largest absolute Gasteiger partial charge is 0.481 e. The highest BCUT2D eigenvalue weighted by Crippen LogP contribution is 2.19. The zero-order valence-corrected chi connectivity index (χ0v) is 11.1. The summed E-state index contributed by atoms with van der Waals surface area (Å²) in [6.45, 7) is 2.17. The molecule has 0 spiro atoms. The van der Waals surface area contributed by atoms with E-state index in [1.807, 2.05) is 5.38 Å². The van der Waals surface area contributed by atoms with Crippen molar-refractivity contribution in [2.24, 2.45) is 5.92 Å². The second kappa shape index (κ2) is 6.00. The van der Waals surface area contributed by atoms with Crippen molar-refractivity contribution in [1.29, 1.82) is 0 Å². The van der Waals surface area contributed by atoms with Crippen molar-refractivity contribution >= 4 is 39.1 Å². The van der Waals surface area contributed by atoms with Gasteiger partial charge in [0.2, 0.25) is 0 Å². The first-order chi connectivity index (χ1) is 7.49. The number of halogens is 1. The Morgan fingerprint density at radius 2 is 2.31 bits per heavy atom. The predicted octanol–water partition coefficient (Wildman–Crippen LogP) is 2.35. The van der Waals surface area contributed by atoms with Crippen LogP contribution in [0.4, 0.5) is 0 Å². The van der Waals surface area contributed by atoms with E-state index in [9.17, 15) is 9.59 Å². The lowest BCUT2D eigenvalue weighted by molar-refractivity contribution is -0.137. The maximum Gasteiger partial charge on any atom is 0.303 e. The van der Waals surface area contributed by atoms with E-state index in [-0.39, 0.29) is 18.2 Å². The molecule has 0 aliphatic heterocycles. The second-order valence-corrected chi connectivity index (χ2v) is 5.37. The Bertz CT molecular complexity index is 391. The van der Waals surface area contributed by atoms with Crippen LogP contribution in [0.1, 0.15) is 23.0 Å². The molecule has 16 heavy (non-hydrogen) atoms. The number of hydrogen-bond acceptors (Lipinski definition) is 3. The summed E-state index contributed by atoms with van der Waals surface area (Å²) >= 11 is 4.61.